The van der Waals surface area contributed by atoms with Gasteiger partial charge in [-0.2, -0.15) is 0 Å². The van der Waals surface area contributed by atoms with Crippen LogP contribution in [-0.4, -0.2) is 48.8 Å². The molecule has 0 aliphatic rings. The minimum atomic E-state index is -0.372. The first-order valence-corrected chi connectivity index (χ1v) is 14.8. The van der Waals surface area contributed by atoms with E-state index in [0.717, 1.165) is 32.1 Å². The number of hydrogen-bond acceptors (Lipinski definition) is 4. The smallest absolute Gasteiger partial charge is 0.220 e. The number of rotatable bonds is 26. The third kappa shape index (κ3) is 24.3. The van der Waals surface area contributed by atoms with Gasteiger partial charge in [0.1, 0.15) is 0 Å². The maximum Gasteiger partial charge on any atom is 0.220 e. The molecule has 0 bridgehead atoms. The number of carbonyl (C=O) groups is 2. The summed E-state index contributed by atoms with van der Waals surface area (Å²) >= 11 is 0. The lowest BCUT2D eigenvalue weighted by atomic mass is 10.0. The van der Waals surface area contributed by atoms with E-state index in [9.17, 15) is 14.7 Å². The van der Waals surface area contributed by atoms with E-state index in [1.165, 1.54) is 83.5 Å². The summed E-state index contributed by atoms with van der Waals surface area (Å²) in [7, 11) is 0. The van der Waals surface area contributed by atoms with E-state index in [4.69, 9.17) is 4.74 Å². The number of amides is 2. The van der Waals surface area contributed by atoms with Crippen LogP contribution in [0.1, 0.15) is 143 Å². The van der Waals surface area contributed by atoms with Crippen molar-refractivity contribution in [1.82, 2.24) is 10.6 Å². The molecule has 0 heterocycles. The molecule has 0 aliphatic carbocycles. The molecule has 2 amide bonds. The fraction of sp³-hybridized carbons (Fsp3) is 0.931. The van der Waals surface area contributed by atoms with Crippen LogP contribution in [-0.2, 0) is 14.3 Å². The first kappa shape index (κ1) is 33.9. The maximum absolute atomic E-state index is 12.2. The molecule has 0 radical (unpaired) electrons. The summed E-state index contributed by atoms with van der Waals surface area (Å²) in [6.45, 7) is 6.68. The topological polar surface area (TPSA) is 87.7 Å². The lowest BCUT2D eigenvalue weighted by Gasteiger charge is -2.20. The van der Waals surface area contributed by atoms with Gasteiger partial charge in [0, 0.05) is 26.0 Å². The van der Waals surface area contributed by atoms with Gasteiger partial charge in [-0.1, -0.05) is 110 Å². The number of carbonyl (C=O) groups excluding carboxylic acids is 2. The van der Waals surface area contributed by atoms with Gasteiger partial charge in [-0.05, 0) is 19.3 Å². The van der Waals surface area contributed by atoms with Gasteiger partial charge in [0.25, 0.3) is 0 Å². The molecule has 6 nitrogen and oxygen atoms in total. The summed E-state index contributed by atoms with van der Waals surface area (Å²) in [5, 5.41) is 15.5. The summed E-state index contributed by atoms with van der Waals surface area (Å²) in [4.78, 5) is 23.7. The third-order valence-corrected chi connectivity index (χ3v) is 6.59. The molecule has 0 aromatic rings. The highest BCUT2D eigenvalue weighted by atomic mass is 16.5. The van der Waals surface area contributed by atoms with Crippen LogP contribution in [0.15, 0.2) is 0 Å². The average molecular weight is 499 g/mol. The Bertz CT molecular complexity index is 487. The fourth-order valence-electron chi connectivity index (χ4n) is 4.41. The van der Waals surface area contributed by atoms with Crippen molar-refractivity contribution in [3.05, 3.63) is 0 Å². The molecule has 0 spiro atoms. The van der Waals surface area contributed by atoms with Crippen molar-refractivity contribution in [2.75, 3.05) is 19.8 Å². The first-order valence-electron chi connectivity index (χ1n) is 14.8. The number of aliphatic hydroxyl groups is 1. The van der Waals surface area contributed by atoms with Crippen LogP contribution in [0.4, 0.5) is 0 Å². The van der Waals surface area contributed by atoms with E-state index in [-0.39, 0.29) is 30.5 Å². The van der Waals surface area contributed by atoms with Crippen LogP contribution in [0.5, 0.6) is 0 Å². The lowest BCUT2D eigenvalue weighted by Crippen LogP contribution is -2.41. The van der Waals surface area contributed by atoms with E-state index in [1.54, 1.807) is 6.92 Å². The van der Waals surface area contributed by atoms with Crippen molar-refractivity contribution in [2.45, 2.75) is 155 Å². The highest BCUT2D eigenvalue weighted by molar-refractivity contribution is 5.76. The van der Waals surface area contributed by atoms with Gasteiger partial charge in [-0.3, -0.25) is 9.59 Å². The number of ether oxygens (including phenoxy) is 1. The molecule has 0 fully saturated rings. The minimum absolute atomic E-state index is 0.00761. The summed E-state index contributed by atoms with van der Waals surface area (Å²) in [6.07, 6.45) is 22.2. The van der Waals surface area contributed by atoms with Crippen molar-refractivity contribution in [2.24, 2.45) is 0 Å². The van der Waals surface area contributed by atoms with Crippen LogP contribution < -0.4 is 10.6 Å². The van der Waals surface area contributed by atoms with E-state index >= 15 is 0 Å². The molecule has 0 rings (SSSR count). The highest BCUT2D eigenvalue weighted by Crippen LogP contribution is 2.12. The van der Waals surface area contributed by atoms with Crippen molar-refractivity contribution in [1.29, 1.82) is 0 Å². The molecule has 0 aromatic carbocycles. The molecule has 35 heavy (non-hydrogen) atoms. The molecule has 3 N–H and O–H groups in total. The molecule has 208 valence electrons. The molecule has 0 aliphatic heterocycles. The molecule has 6 heteroatoms. The highest BCUT2D eigenvalue weighted by Gasteiger charge is 2.13. The number of aliphatic hydroxyl groups excluding tert-OH is 1. The van der Waals surface area contributed by atoms with Crippen molar-refractivity contribution < 1.29 is 19.4 Å². The number of hydrogen-bond donors (Lipinski definition) is 3. The van der Waals surface area contributed by atoms with Gasteiger partial charge >= 0.3 is 0 Å². The van der Waals surface area contributed by atoms with Gasteiger partial charge in [0.2, 0.25) is 11.8 Å². The Morgan fingerprint density at radius 2 is 1.20 bits per heavy atom. The van der Waals surface area contributed by atoms with Crippen LogP contribution in [0, 0.1) is 0 Å². The lowest BCUT2D eigenvalue weighted by molar-refractivity contribution is -0.123. The van der Waals surface area contributed by atoms with Gasteiger partial charge in [-0.25, -0.2) is 0 Å². The fourth-order valence-corrected chi connectivity index (χ4v) is 4.41. The summed E-state index contributed by atoms with van der Waals surface area (Å²) in [5.41, 5.74) is 0. The molecular formula is C29H58N2O4. The molecular weight excluding hydrogens is 440 g/mol. The Labute approximate surface area is 216 Å². The van der Waals surface area contributed by atoms with Crippen molar-refractivity contribution in [3.63, 3.8) is 0 Å². The van der Waals surface area contributed by atoms with Gasteiger partial charge in [0.05, 0.1) is 19.3 Å². The van der Waals surface area contributed by atoms with Crippen LogP contribution >= 0.6 is 0 Å². The largest absolute Gasteiger partial charge is 0.394 e. The van der Waals surface area contributed by atoms with E-state index < -0.39 is 0 Å². The second kappa shape index (κ2) is 25.9. The molecule has 0 saturated heterocycles. The van der Waals surface area contributed by atoms with Crippen LogP contribution in [0.25, 0.3) is 0 Å². The second-order valence-electron chi connectivity index (χ2n) is 10.2. The Morgan fingerprint density at radius 3 is 1.71 bits per heavy atom. The normalized spacial score (nSPS) is 12.9. The van der Waals surface area contributed by atoms with Crippen molar-refractivity contribution >= 4 is 11.8 Å². The standard InChI is InChI=1S/C29H58N2O4/c1-4-6-8-10-11-12-13-14-15-17-19-21-29(34)31-28(24-32)25-35-23-22-27(30-26(3)33)20-18-16-9-7-5-2/h27-28,32H,4-25H2,1-3H3,(H,30,33)(H,31,34). The first-order chi connectivity index (χ1) is 17.0. The summed E-state index contributed by atoms with van der Waals surface area (Å²) in [5.74, 6) is -0.0155. The third-order valence-electron chi connectivity index (χ3n) is 6.59. The van der Waals surface area contributed by atoms with E-state index in [1.807, 2.05) is 0 Å². The average Bonchev–Trinajstić information content (AvgIpc) is 2.83. The quantitative estimate of drug-likeness (QED) is 0.120. The Hall–Kier alpha value is -1.14. The van der Waals surface area contributed by atoms with Gasteiger partial charge < -0.3 is 20.5 Å². The van der Waals surface area contributed by atoms with E-state index in [2.05, 4.69) is 24.5 Å². The molecule has 0 aromatic heterocycles. The second-order valence-corrected chi connectivity index (χ2v) is 10.2. The van der Waals surface area contributed by atoms with E-state index in [0.29, 0.717) is 19.6 Å². The predicted octanol–water partition coefficient (Wildman–Crippen LogP) is 6.44. The predicted molar refractivity (Wildman–Crippen MR) is 147 cm³/mol. The Morgan fingerprint density at radius 1 is 0.686 bits per heavy atom. The van der Waals surface area contributed by atoms with Gasteiger partial charge in [0.15, 0.2) is 0 Å². The zero-order valence-electron chi connectivity index (χ0n) is 23.4. The maximum atomic E-state index is 12.2. The Balaban J connectivity index is 3.84. The zero-order valence-corrected chi connectivity index (χ0v) is 23.4. The van der Waals surface area contributed by atoms with Gasteiger partial charge in [-0.15, -0.1) is 0 Å². The zero-order chi connectivity index (χ0) is 26.0. The van der Waals surface area contributed by atoms with Crippen LogP contribution in [0.3, 0.4) is 0 Å². The number of nitrogens with one attached hydrogen (secondary N) is 2. The minimum Gasteiger partial charge on any atom is -0.394 e. The molecule has 2 unspecified atom stereocenters. The molecule has 2 atom stereocenters. The summed E-state index contributed by atoms with van der Waals surface area (Å²) < 4.78 is 5.73. The van der Waals surface area contributed by atoms with Crippen LogP contribution in [0.2, 0.25) is 0 Å². The Kier molecular flexibility index (Phi) is 25.1. The monoisotopic (exact) mass is 498 g/mol. The number of unbranched alkanes of at least 4 members (excludes halogenated alkanes) is 14. The molecule has 0 saturated carbocycles. The summed E-state index contributed by atoms with van der Waals surface area (Å²) in [6, 6.07) is -0.249. The van der Waals surface area contributed by atoms with Crippen molar-refractivity contribution in [3.8, 4) is 0 Å². The SMILES string of the molecule is CCCCCCCCCCCCCC(=O)NC(CO)COCCC(CCCCCCC)NC(C)=O.